The van der Waals surface area contributed by atoms with Crippen molar-refractivity contribution in [3.8, 4) is 0 Å². The van der Waals surface area contributed by atoms with Crippen LogP contribution in [0.1, 0.15) is 64.7 Å². The predicted molar refractivity (Wildman–Crippen MR) is 126 cm³/mol. The number of carbonyl (C=O) groups is 1. The number of hydrogen-bond acceptors (Lipinski definition) is 5. The molecule has 6 heteroatoms. The Hall–Kier alpha value is -3.41. The quantitative estimate of drug-likeness (QED) is 0.264. The van der Waals surface area contributed by atoms with Gasteiger partial charge in [-0.05, 0) is 60.4 Å². The third kappa shape index (κ3) is 3.04. The monoisotopic (exact) mass is 442 g/mol. The Labute approximate surface area is 192 Å². The van der Waals surface area contributed by atoms with Crippen molar-refractivity contribution in [2.24, 2.45) is 11.8 Å². The molecule has 0 saturated carbocycles. The van der Waals surface area contributed by atoms with Crippen molar-refractivity contribution in [1.29, 1.82) is 0 Å². The highest BCUT2D eigenvalue weighted by atomic mass is 16.6. The van der Waals surface area contributed by atoms with E-state index in [0.717, 1.165) is 24.9 Å². The van der Waals surface area contributed by atoms with E-state index in [1.807, 2.05) is 31.2 Å². The number of hydrogen-bond donors (Lipinski definition) is 0. The summed E-state index contributed by atoms with van der Waals surface area (Å²) in [5.74, 6) is 1.06. The number of esters is 1. The number of allylic oxidation sites excluding steroid dienone is 4. The van der Waals surface area contributed by atoms with Crippen LogP contribution in [0.2, 0.25) is 0 Å². The lowest BCUT2D eigenvalue weighted by molar-refractivity contribution is -0.384. The normalized spacial score (nSPS) is 28.3. The van der Waals surface area contributed by atoms with Gasteiger partial charge < -0.3 is 9.64 Å². The molecule has 6 rings (SSSR count). The number of fused-ring (bicyclic) bond motifs is 4. The summed E-state index contributed by atoms with van der Waals surface area (Å²) in [7, 11) is 0. The Kier molecular flexibility index (Phi) is 4.64. The molecule has 0 aromatic heterocycles. The fraction of sp³-hybridized carbons (Fsp3) is 0.370. The van der Waals surface area contributed by atoms with Gasteiger partial charge in [-0.1, -0.05) is 36.4 Å². The summed E-state index contributed by atoms with van der Waals surface area (Å²) in [6.45, 7) is 3.14. The highest BCUT2D eigenvalue weighted by Crippen LogP contribution is 2.59. The molecule has 0 N–H and O–H groups in total. The number of non-ortho nitro benzene ring substituents is 1. The summed E-state index contributed by atoms with van der Waals surface area (Å²) >= 11 is 0. The minimum Gasteiger partial charge on any atom is -0.462 e. The topological polar surface area (TPSA) is 72.7 Å². The molecule has 0 fully saturated rings. The van der Waals surface area contributed by atoms with E-state index in [-0.39, 0.29) is 28.5 Å². The average molecular weight is 443 g/mol. The van der Waals surface area contributed by atoms with Gasteiger partial charge in [0.15, 0.2) is 0 Å². The molecule has 5 atom stereocenters. The highest BCUT2D eigenvalue weighted by molar-refractivity contribution is 5.92. The molecule has 0 unspecified atom stereocenters. The Morgan fingerprint density at radius 3 is 2.52 bits per heavy atom. The van der Waals surface area contributed by atoms with Gasteiger partial charge in [0, 0.05) is 36.2 Å². The van der Waals surface area contributed by atoms with Gasteiger partial charge in [-0.3, -0.25) is 10.1 Å². The second-order valence-corrected chi connectivity index (χ2v) is 9.47. The minimum atomic E-state index is -0.343. The van der Waals surface area contributed by atoms with Crippen LogP contribution in [0.25, 0.3) is 0 Å². The maximum atomic E-state index is 12.7. The van der Waals surface area contributed by atoms with Crippen LogP contribution in [0.3, 0.4) is 0 Å². The zero-order valence-electron chi connectivity index (χ0n) is 18.5. The molecular formula is C27H26N2O4. The summed E-state index contributed by atoms with van der Waals surface area (Å²) in [5.41, 5.74) is 5.55. The number of rotatable bonds is 4. The van der Waals surface area contributed by atoms with E-state index in [1.165, 1.54) is 16.8 Å². The number of nitrogens with zero attached hydrogens (tertiary/aromatic N) is 2. The smallest absolute Gasteiger partial charge is 0.338 e. The summed E-state index contributed by atoms with van der Waals surface area (Å²) < 4.78 is 5.36. The third-order valence-corrected chi connectivity index (χ3v) is 7.81. The second kappa shape index (κ2) is 7.58. The first-order valence-corrected chi connectivity index (χ1v) is 11.8. The van der Waals surface area contributed by atoms with Gasteiger partial charge in [0.05, 0.1) is 23.1 Å². The van der Waals surface area contributed by atoms with Crippen molar-refractivity contribution in [2.45, 2.75) is 37.6 Å². The number of carbonyl (C=O) groups excluding carboxylic acids is 1. The fourth-order valence-electron chi connectivity index (χ4n) is 6.48. The Morgan fingerprint density at radius 1 is 1.09 bits per heavy atom. The molecule has 168 valence electrons. The number of benzene rings is 2. The van der Waals surface area contributed by atoms with Crippen LogP contribution in [0, 0.1) is 22.0 Å². The van der Waals surface area contributed by atoms with Crippen LogP contribution in [-0.4, -0.2) is 24.0 Å². The number of ether oxygens (including phenoxy) is 1. The minimum absolute atomic E-state index is 0.120. The third-order valence-electron chi connectivity index (χ3n) is 7.81. The molecule has 2 heterocycles. The van der Waals surface area contributed by atoms with E-state index < -0.39 is 0 Å². The SMILES string of the molecule is CCOC(=O)c1cc2c3c(c1)[C@H]1C=CC[C@H]1[C@H](c1ccc([N+](=O)[O-])cc1)N3C[C@H]1CC=C[C@H]21. The standard InChI is InChI=1S/C27H26N2O4/c1-2-33-27(30)18-13-23-20-6-3-5-17(20)15-28-25(16-9-11-19(12-10-16)29(31)32)22-8-4-7-21(22)24(14-18)26(23)28/h3-4,6-7,9-14,17,20-22,25H,2,5,8,15H2,1H3/t17-,20+,21+,22-,25+/m1/s1. The molecule has 0 saturated heterocycles. The predicted octanol–water partition coefficient (Wildman–Crippen LogP) is 5.67. The molecule has 4 aliphatic rings. The molecule has 33 heavy (non-hydrogen) atoms. The van der Waals surface area contributed by atoms with Crippen LogP contribution in [0.15, 0.2) is 60.7 Å². The fourth-order valence-corrected chi connectivity index (χ4v) is 6.48. The zero-order chi connectivity index (χ0) is 22.7. The van der Waals surface area contributed by atoms with Crippen molar-refractivity contribution in [2.75, 3.05) is 18.1 Å². The lowest BCUT2D eigenvalue weighted by Gasteiger charge is -2.51. The molecule has 0 radical (unpaired) electrons. The van der Waals surface area contributed by atoms with Gasteiger partial charge >= 0.3 is 5.97 Å². The first-order chi connectivity index (χ1) is 16.1. The van der Waals surface area contributed by atoms with Crippen molar-refractivity contribution in [3.63, 3.8) is 0 Å². The lowest BCUT2D eigenvalue weighted by Crippen LogP contribution is -2.46. The van der Waals surface area contributed by atoms with Gasteiger partial charge in [-0.25, -0.2) is 4.79 Å². The maximum Gasteiger partial charge on any atom is 0.338 e. The Morgan fingerprint density at radius 2 is 1.79 bits per heavy atom. The Balaban J connectivity index is 1.52. The van der Waals surface area contributed by atoms with E-state index in [2.05, 4.69) is 29.2 Å². The summed E-state index contributed by atoms with van der Waals surface area (Å²) in [4.78, 5) is 26.1. The summed E-state index contributed by atoms with van der Waals surface area (Å²) in [6.07, 6.45) is 11.1. The van der Waals surface area contributed by atoms with Crippen LogP contribution in [0.4, 0.5) is 11.4 Å². The van der Waals surface area contributed by atoms with Gasteiger partial charge in [0.1, 0.15) is 0 Å². The van der Waals surface area contributed by atoms with Crippen molar-refractivity contribution in [3.05, 3.63) is 93.1 Å². The summed E-state index contributed by atoms with van der Waals surface area (Å²) in [5, 5.41) is 11.2. The zero-order valence-corrected chi connectivity index (χ0v) is 18.5. The van der Waals surface area contributed by atoms with Gasteiger partial charge in [-0.2, -0.15) is 0 Å². The molecule has 6 nitrogen and oxygen atoms in total. The first-order valence-electron chi connectivity index (χ1n) is 11.8. The first kappa shape index (κ1) is 20.2. The number of nitro benzene ring substituents is 1. The van der Waals surface area contributed by atoms with Crippen LogP contribution < -0.4 is 4.90 Å². The van der Waals surface area contributed by atoms with Gasteiger partial charge in [0.2, 0.25) is 0 Å². The molecule has 0 amide bonds. The summed E-state index contributed by atoms with van der Waals surface area (Å²) in [6, 6.07) is 11.3. The molecule has 0 spiro atoms. The van der Waals surface area contributed by atoms with Crippen molar-refractivity contribution in [1.82, 2.24) is 0 Å². The van der Waals surface area contributed by atoms with E-state index in [1.54, 1.807) is 12.1 Å². The van der Waals surface area contributed by atoms with E-state index in [9.17, 15) is 14.9 Å². The van der Waals surface area contributed by atoms with Crippen LogP contribution in [-0.2, 0) is 4.74 Å². The van der Waals surface area contributed by atoms with E-state index in [4.69, 9.17) is 4.74 Å². The molecule has 2 aromatic carbocycles. The van der Waals surface area contributed by atoms with E-state index in [0.29, 0.717) is 29.9 Å². The van der Waals surface area contributed by atoms with Gasteiger partial charge in [0.25, 0.3) is 5.69 Å². The number of anilines is 1. The van der Waals surface area contributed by atoms with Crippen molar-refractivity contribution < 1.29 is 14.5 Å². The van der Waals surface area contributed by atoms with Gasteiger partial charge in [-0.15, -0.1) is 0 Å². The molecule has 2 aliphatic carbocycles. The Bertz CT molecular complexity index is 1180. The molecule has 2 aliphatic heterocycles. The van der Waals surface area contributed by atoms with Crippen LogP contribution in [0.5, 0.6) is 0 Å². The van der Waals surface area contributed by atoms with Crippen molar-refractivity contribution >= 4 is 17.3 Å². The molecule has 2 aromatic rings. The van der Waals surface area contributed by atoms with E-state index >= 15 is 0 Å². The highest BCUT2D eigenvalue weighted by Gasteiger charge is 2.48. The largest absolute Gasteiger partial charge is 0.462 e. The maximum absolute atomic E-state index is 12.7. The molecule has 0 bridgehead atoms. The van der Waals surface area contributed by atoms with Crippen LogP contribution >= 0.6 is 0 Å². The lowest BCUT2D eigenvalue weighted by atomic mass is 9.70. The number of nitro groups is 1. The molecular weight excluding hydrogens is 416 g/mol. The average Bonchev–Trinajstić information content (AvgIpc) is 3.49. The second-order valence-electron chi connectivity index (χ2n) is 9.47.